The van der Waals surface area contributed by atoms with Gasteiger partial charge in [-0.1, -0.05) is 75.2 Å². The molecular formula is C31H37Cl2N5O4. The highest BCUT2D eigenvalue weighted by atomic mass is 35.5. The van der Waals surface area contributed by atoms with E-state index in [0.717, 1.165) is 22.3 Å². The number of nitrogens with zero attached hydrogens (tertiary/aromatic N) is 3. The summed E-state index contributed by atoms with van der Waals surface area (Å²) >= 11 is 12.9. The first kappa shape index (κ1) is 32.7. The zero-order valence-electron chi connectivity index (χ0n) is 24.9. The number of carbonyl (C=O) groups is 2. The molecule has 0 saturated heterocycles. The predicted octanol–water partition coefficient (Wildman–Crippen LogP) is 6.25. The molecule has 3 aromatic rings. The highest BCUT2D eigenvalue weighted by molar-refractivity contribution is 6.38. The third kappa shape index (κ3) is 8.59. The van der Waals surface area contributed by atoms with Crippen LogP contribution in [0, 0.1) is 13.8 Å². The largest absolute Gasteiger partial charge is 0.483 e. The first-order chi connectivity index (χ1) is 19.9. The summed E-state index contributed by atoms with van der Waals surface area (Å²) in [5.74, 6) is 0.916. The second-order valence-electron chi connectivity index (χ2n) is 10.5. The zero-order valence-corrected chi connectivity index (χ0v) is 26.4. The number of aryl methyl sites for hydroxylation is 2. The molecule has 0 radical (unpaired) electrons. The fourth-order valence-electron chi connectivity index (χ4n) is 4.09. The van der Waals surface area contributed by atoms with E-state index in [1.165, 1.54) is 17.0 Å². The Kier molecular flexibility index (Phi) is 11.6. The van der Waals surface area contributed by atoms with E-state index >= 15 is 0 Å². The monoisotopic (exact) mass is 613 g/mol. The lowest BCUT2D eigenvalue weighted by molar-refractivity contribution is -0.123. The van der Waals surface area contributed by atoms with Crippen LogP contribution in [0.4, 0.5) is 0 Å². The number of rotatable bonds is 12. The molecule has 1 aromatic heterocycles. The van der Waals surface area contributed by atoms with Gasteiger partial charge in [0, 0.05) is 18.2 Å². The summed E-state index contributed by atoms with van der Waals surface area (Å²) in [7, 11) is 1.67. The van der Waals surface area contributed by atoms with Crippen molar-refractivity contribution < 1.29 is 19.1 Å². The molecule has 1 heterocycles. The van der Waals surface area contributed by atoms with Crippen molar-refractivity contribution in [2.75, 3.05) is 13.2 Å². The molecule has 0 unspecified atom stereocenters. The Hall–Kier alpha value is -3.82. The Bertz CT molecular complexity index is 1390. The molecular weight excluding hydrogens is 577 g/mol. The summed E-state index contributed by atoms with van der Waals surface area (Å²) in [5.41, 5.74) is 9.78. The minimum Gasteiger partial charge on any atom is -0.483 e. The Morgan fingerprint density at radius 2 is 1.17 bits per heavy atom. The number of hydrogen-bond donors (Lipinski definition) is 2. The Morgan fingerprint density at radius 3 is 1.52 bits per heavy atom. The molecule has 11 heteroatoms. The molecule has 0 fully saturated rings. The molecule has 0 spiro atoms. The number of nitrogens with one attached hydrogen (secondary N) is 2. The van der Waals surface area contributed by atoms with Gasteiger partial charge in [-0.25, -0.2) is 10.9 Å². The summed E-state index contributed by atoms with van der Waals surface area (Å²) in [6.07, 6.45) is 2.71. The van der Waals surface area contributed by atoms with Crippen molar-refractivity contribution in [3.8, 4) is 11.5 Å². The summed E-state index contributed by atoms with van der Waals surface area (Å²) < 4.78 is 13.0. The van der Waals surface area contributed by atoms with Crippen molar-refractivity contribution in [2.24, 2.45) is 17.3 Å². The number of benzene rings is 2. The minimum absolute atomic E-state index is 0.215. The average Bonchev–Trinajstić information content (AvgIpc) is 3.13. The lowest BCUT2D eigenvalue weighted by atomic mass is 10.0. The Morgan fingerprint density at radius 1 is 0.786 bits per heavy atom. The quantitative estimate of drug-likeness (QED) is 0.186. The summed E-state index contributed by atoms with van der Waals surface area (Å²) in [5, 5.41) is 8.56. The van der Waals surface area contributed by atoms with Crippen LogP contribution in [0.1, 0.15) is 72.9 Å². The van der Waals surface area contributed by atoms with Crippen LogP contribution >= 0.6 is 23.2 Å². The number of halogens is 2. The van der Waals surface area contributed by atoms with Crippen molar-refractivity contribution in [1.82, 2.24) is 15.4 Å². The van der Waals surface area contributed by atoms with Crippen LogP contribution in [-0.2, 0) is 16.6 Å². The second kappa shape index (κ2) is 14.9. The number of carbonyl (C=O) groups excluding carboxylic acids is 2. The van der Waals surface area contributed by atoms with Gasteiger partial charge < -0.3 is 14.0 Å². The fraction of sp³-hybridized carbons (Fsp3) is 0.355. The first-order valence-electron chi connectivity index (χ1n) is 13.5. The number of amides is 2. The summed E-state index contributed by atoms with van der Waals surface area (Å²) in [6.45, 7) is 11.7. The number of hydrazone groups is 2. The standard InChI is InChI=1S/C31H37Cl2N5O4/c1-18(2)22-10-8-20(5)12-26(22)41-16-28(39)36-34-14-24-25(31(33)38(7)30(24)32)15-35-37-29(40)17-42-27-13-21(6)9-11-23(27)19(3)4/h8-15,18-19H,16-17H2,1-7H3,(H,36,39)(H,37,40)/b34-14-,35-15+. The highest BCUT2D eigenvalue weighted by Crippen LogP contribution is 2.29. The van der Waals surface area contributed by atoms with Crippen molar-refractivity contribution in [3.05, 3.63) is 80.1 Å². The van der Waals surface area contributed by atoms with Crippen molar-refractivity contribution in [3.63, 3.8) is 0 Å². The van der Waals surface area contributed by atoms with Gasteiger partial charge in [0.1, 0.15) is 21.8 Å². The lowest BCUT2D eigenvalue weighted by Gasteiger charge is -2.14. The van der Waals surface area contributed by atoms with Gasteiger partial charge in [-0.05, 0) is 60.1 Å². The molecule has 224 valence electrons. The van der Waals surface area contributed by atoms with Crippen LogP contribution in [0.25, 0.3) is 0 Å². The van der Waals surface area contributed by atoms with Gasteiger partial charge >= 0.3 is 0 Å². The molecule has 2 amide bonds. The van der Waals surface area contributed by atoms with Gasteiger partial charge in [-0.3, -0.25) is 9.59 Å². The van der Waals surface area contributed by atoms with E-state index in [1.807, 2.05) is 50.2 Å². The molecule has 0 aliphatic heterocycles. The van der Waals surface area contributed by atoms with Gasteiger partial charge in [0.25, 0.3) is 11.8 Å². The fourth-order valence-corrected chi connectivity index (χ4v) is 4.60. The lowest BCUT2D eigenvalue weighted by Crippen LogP contribution is -2.25. The van der Waals surface area contributed by atoms with Gasteiger partial charge in [-0.15, -0.1) is 0 Å². The van der Waals surface area contributed by atoms with Crippen LogP contribution in [0.5, 0.6) is 11.5 Å². The highest BCUT2D eigenvalue weighted by Gasteiger charge is 2.17. The normalized spacial score (nSPS) is 11.6. The average molecular weight is 615 g/mol. The van der Waals surface area contributed by atoms with E-state index in [0.29, 0.717) is 22.6 Å². The summed E-state index contributed by atoms with van der Waals surface area (Å²) in [6, 6.07) is 11.8. The van der Waals surface area contributed by atoms with E-state index in [2.05, 4.69) is 48.7 Å². The van der Waals surface area contributed by atoms with E-state index < -0.39 is 11.8 Å². The number of aromatic nitrogens is 1. The molecule has 0 aliphatic rings. The molecule has 9 nitrogen and oxygen atoms in total. The first-order valence-corrected chi connectivity index (χ1v) is 14.3. The van der Waals surface area contributed by atoms with Gasteiger partial charge in [0.2, 0.25) is 0 Å². The molecule has 42 heavy (non-hydrogen) atoms. The van der Waals surface area contributed by atoms with Gasteiger partial charge in [0.05, 0.1) is 12.4 Å². The topological polar surface area (TPSA) is 106 Å². The van der Waals surface area contributed by atoms with Crippen molar-refractivity contribution >= 4 is 47.4 Å². The molecule has 3 rings (SSSR count). The van der Waals surface area contributed by atoms with E-state index in [-0.39, 0.29) is 35.4 Å². The van der Waals surface area contributed by atoms with E-state index in [9.17, 15) is 9.59 Å². The maximum Gasteiger partial charge on any atom is 0.277 e. The third-order valence-corrected chi connectivity index (χ3v) is 7.30. The predicted molar refractivity (Wildman–Crippen MR) is 168 cm³/mol. The zero-order chi connectivity index (χ0) is 31.0. The minimum atomic E-state index is -0.447. The number of hydrogen-bond acceptors (Lipinski definition) is 6. The molecule has 0 atom stereocenters. The maximum atomic E-state index is 12.4. The smallest absolute Gasteiger partial charge is 0.277 e. The molecule has 2 N–H and O–H groups in total. The maximum absolute atomic E-state index is 12.4. The number of ether oxygens (including phenoxy) is 2. The molecule has 2 aromatic carbocycles. The SMILES string of the molecule is Cc1ccc(C(C)C)c(OCC(=O)N/N=C\c2c(/C=N/NC(=O)COc3cc(C)ccc3C(C)C)c(Cl)n(C)c2Cl)c1. The third-order valence-electron chi connectivity index (χ3n) is 6.39. The van der Waals surface area contributed by atoms with Crippen LogP contribution in [-0.4, -0.2) is 42.0 Å². The Labute approximate surface area is 256 Å². The van der Waals surface area contributed by atoms with Crippen LogP contribution in [0.15, 0.2) is 46.6 Å². The van der Waals surface area contributed by atoms with E-state index in [1.54, 1.807) is 7.05 Å². The molecule has 0 aliphatic carbocycles. The molecule has 0 saturated carbocycles. The van der Waals surface area contributed by atoms with Crippen LogP contribution < -0.4 is 20.3 Å². The van der Waals surface area contributed by atoms with Crippen molar-refractivity contribution in [2.45, 2.75) is 53.4 Å². The van der Waals surface area contributed by atoms with Gasteiger partial charge in [-0.2, -0.15) is 10.2 Å². The van der Waals surface area contributed by atoms with E-state index in [4.69, 9.17) is 32.7 Å². The van der Waals surface area contributed by atoms with Crippen LogP contribution in [0.2, 0.25) is 10.3 Å². The Balaban J connectivity index is 1.61. The summed E-state index contributed by atoms with van der Waals surface area (Å²) in [4.78, 5) is 24.8. The van der Waals surface area contributed by atoms with Gasteiger partial charge in [0.15, 0.2) is 13.2 Å². The second-order valence-corrected chi connectivity index (χ2v) is 11.2. The van der Waals surface area contributed by atoms with Crippen molar-refractivity contribution in [1.29, 1.82) is 0 Å². The van der Waals surface area contributed by atoms with Crippen LogP contribution in [0.3, 0.4) is 0 Å². The molecule has 0 bridgehead atoms.